The summed E-state index contributed by atoms with van der Waals surface area (Å²) in [6, 6.07) is 5.93. The summed E-state index contributed by atoms with van der Waals surface area (Å²) in [5.74, 6) is 3.12. The first kappa shape index (κ1) is 16.7. The molecule has 24 heavy (non-hydrogen) atoms. The van der Waals surface area contributed by atoms with E-state index in [0.29, 0.717) is 23.3 Å². The van der Waals surface area contributed by atoms with Gasteiger partial charge in [0.15, 0.2) is 0 Å². The van der Waals surface area contributed by atoms with Crippen LogP contribution in [0.4, 0.5) is 11.4 Å². The Morgan fingerprint density at radius 3 is 2.58 bits per heavy atom. The molecule has 5 nitrogen and oxygen atoms in total. The molecule has 2 aliphatic rings. The monoisotopic (exact) mass is 325 g/mol. The molecule has 1 aromatic carbocycles. The average molecular weight is 325 g/mol. The van der Waals surface area contributed by atoms with Gasteiger partial charge in [0.2, 0.25) is 6.41 Å². The summed E-state index contributed by atoms with van der Waals surface area (Å²) in [7, 11) is 1.62. The van der Waals surface area contributed by atoms with Gasteiger partial charge in [-0.3, -0.25) is 4.79 Å². The van der Waals surface area contributed by atoms with E-state index in [-0.39, 0.29) is 6.71 Å². The number of hydrogen-bond acceptors (Lipinski definition) is 4. The van der Waals surface area contributed by atoms with Gasteiger partial charge in [0.05, 0.1) is 12.8 Å². The average Bonchev–Trinajstić information content (AvgIpc) is 2.64. The van der Waals surface area contributed by atoms with Crippen LogP contribution in [0.1, 0.15) is 25.7 Å². The zero-order valence-electron chi connectivity index (χ0n) is 14.3. The summed E-state index contributed by atoms with van der Waals surface area (Å²) in [6.07, 6.45) is 7.59. The Hall–Kier alpha value is -2.16. The van der Waals surface area contributed by atoms with Crippen molar-refractivity contribution < 1.29 is 9.53 Å². The molecular weight excluding hydrogens is 301 g/mol. The molecule has 1 aromatic rings. The second-order valence-corrected chi connectivity index (χ2v) is 7.04. The SMILES string of the molecule is COc1cc(N2CCC3(CCB(C#N)CC3)CC2)ccc1NC=O. The molecule has 2 saturated heterocycles. The normalized spacial score (nSPS) is 19.7. The molecule has 0 aliphatic carbocycles. The zero-order valence-corrected chi connectivity index (χ0v) is 14.3. The third-order valence-electron chi connectivity index (χ3n) is 5.82. The van der Waals surface area contributed by atoms with Crippen LogP contribution in [0.15, 0.2) is 18.2 Å². The second-order valence-electron chi connectivity index (χ2n) is 7.04. The van der Waals surface area contributed by atoms with Crippen LogP contribution < -0.4 is 15.0 Å². The number of carbonyl (C=O) groups excluding carboxylic acids is 1. The molecule has 2 heterocycles. The smallest absolute Gasteiger partial charge is 0.267 e. The Kier molecular flexibility index (Phi) is 4.98. The number of anilines is 2. The van der Waals surface area contributed by atoms with Crippen molar-refractivity contribution in [2.45, 2.75) is 38.3 Å². The molecule has 2 aliphatic heterocycles. The van der Waals surface area contributed by atoms with Crippen molar-refractivity contribution in [1.29, 1.82) is 5.26 Å². The first-order chi connectivity index (χ1) is 11.7. The van der Waals surface area contributed by atoms with Crippen LogP contribution in [0.5, 0.6) is 5.75 Å². The number of nitrogens with one attached hydrogen (secondary N) is 1. The van der Waals surface area contributed by atoms with Crippen molar-refractivity contribution in [3.8, 4) is 11.7 Å². The van der Waals surface area contributed by atoms with Gasteiger partial charge in [-0.05, 0) is 30.4 Å². The van der Waals surface area contributed by atoms with E-state index in [2.05, 4.69) is 16.2 Å². The first-order valence-corrected chi connectivity index (χ1v) is 8.72. The van der Waals surface area contributed by atoms with E-state index in [9.17, 15) is 4.79 Å². The molecule has 0 radical (unpaired) electrons. The highest BCUT2D eigenvalue weighted by molar-refractivity contribution is 6.67. The van der Waals surface area contributed by atoms with Crippen molar-refractivity contribution >= 4 is 24.5 Å². The standard InChI is InChI=1S/C18H24BN3O2/c1-24-17-12-15(2-3-16(17)21-14-23)22-10-6-18(7-11-22)4-8-19(13-20)9-5-18/h2-3,12,14H,4-11H2,1H3,(H,21,23). The highest BCUT2D eigenvalue weighted by atomic mass is 16.5. The number of amides is 1. The number of benzene rings is 1. The van der Waals surface area contributed by atoms with E-state index in [1.54, 1.807) is 7.11 Å². The quantitative estimate of drug-likeness (QED) is 0.682. The number of ether oxygens (including phenoxy) is 1. The highest BCUT2D eigenvalue weighted by Crippen LogP contribution is 2.46. The molecular formula is C18H24BN3O2. The van der Waals surface area contributed by atoms with E-state index in [1.165, 1.54) is 25.7 Å². The molecule has 0 bridgehead atoms. The van der Waals surface area contributed by atoms with E-state index in [0.717, 1.165) is 31.4 Å². The third-order valence-corrected chi connectivity index (χ3v) is 5.82. The lowest BCUT2D eigenvalue weighted by molar-refractivity contribution is -0.105. The van der Waals surface area contributed by atoms with E-state index in [4.69, 9.17) is 10.00 Å². The Labute approximate surface area is 144 Å². The van der Waals surface area contributed by atoms with Crippen molar-refractivity contribution in [2.24, 2.45) is 5.41 Å². The molecule has 0 atom stereocenters. The number of nitrogens with zero attached hydrogens (tertiary/aromatic N) is 2. The molecule has 126 valence electrons. The van der Waals surface area contributed by atoms with Crippen molar-refractivity contribution in [3.63, 3.8) is 0 Å². The van der Waals surface area contributed by atoms with Gasteiger partial charge in [0.25, 0.3) is 6.71 Å². The fraction of sp³-hybridized carbons (Fsp3) is 0.556. The molecule has 1 amide bonds. The second kappa shape index (κ2) is 7.17. The Morgan fingerprint density at radius 2 is 2.00 bits per heavy atom. The molecule has 1 spiro atoms. The fourth-order valence-corrected chi connectivity index (χ4v) is 4.16. The lowest BCUT2D eigenvalue weighted by atomic mass is 9.39. The Balaban J connectivity index is 1.65. The summed E-state index contributed by atoms with van der Waals surface area (Å²) in [5, 5.41) is 11.7. The lowest BCUT2D eigenvalue weighted by Crippen LogP contribution is -2.42. The molecule has 0 unspecified atom stereocenters. The summed E-state index contributed by atoms with van der Waals surface area (Å²) in [5.41, 5.74) is 2.29. The summed E-state index contributed by atoms with van der Waals surface area (Å²) >= 11 is 0. The summed E-state index contributed by atoms with van der Waals surface area (Å²) in [6.45, 7) is 2.36. The summed E-state index contributed by atoms with van der Waals surface area (Å²) in [4.78, 5) is 13.0. The molecule has 2 fully saturated rings. The summed E-state index contributed by atoms with van der Waals surface area (Å²) < 4.78 is 5.38. The zero-order chi connectivity index (χ0) is 17.0. The van der Waals surface area contributed by atoms with Gasteiger partial charge in [-0.1, -0.05) is 25.5 Å². The van der Waals surface area contributed by atoms with Crippen molar-refractivity contribution in [1.82, 2.24) is 0 Å². The maximum Gasteiger partial charge on any atom is 0.267 e. The van der Waals surface area contributed by atoms with Gasteiger partial charge in [-0.2, -0.15) is 0 Å². The van der Waals surface area contributed by atoms with Gasteiger partial charge in [-0.25, -0.2) is 5.26 Å². The van der Waals surface area contributed by atoms with Gasteiger partial charge >= 0.3 is 0 Å². The Bertz CT molecular complexity index is 626. The van der Waals surface area contributed by atoms with Gasteiger partial charge in [0.1, 0.15) is 5.75 Å². The number of hydrogen-bond donors (Lipinski definition) is 1. The van der Waals surface area contributed by atoms with Gasteiger partial charge in [0, 0.05) is 30.8 Å². The number of piperidine rings is 1. The maximum absolute atomic E-state index is 10.6. The maximum atomic E-state index is 10.6. The van der Waals surface area contributed by atoms with Gasteiger partial charge < -0.3 is 15.0 Å². The number of rotatable bonds is 4. The van der Waals surface area contributed by atoms with Crippen LogP contribution in [-0.4, -0.2) is 33.3 Å². The van der Waals surface area contributed by atoms with Crippen LogP contribution in [0.2, 0.25) is 12.6 Å². The molecule has 0 saturated carbocycles. The highest BCUT2D eigenvalue weighted by Gasteiger charge is 2.39. The van der Waals surface area contributed by atoms with E-state index in [1.807, 2.05) is 18.2 Å². The fourth-order valence-electron chi connectivity index (χ4n) is 4.16. The largest absolute Gasteiger partial charge is 0.494 e. The third kappa shape index (κ3) is 3.35. The van der Waals surface area contributed by atoms with Crippen molar-refractivity contribution in [3.05, 3.63) is 18.2 Å². The van der Waals surface area contributed by atoms with Crippen LogP contribution in [0, 0.1) is 16.6 Å². The van der Waals surface area contributed by atoms with Crippen LogP contribution >= 0.6 is 0 Å². The predicted octanol–water partition coefficient (Wildman–Crippen LogP) is 3.20. The lowest BCUT2D eigenvalue weighted by Gasteiger charge is -2.45. The van der Waals surface area contributed by atoms with Crippen LogP contribution in [0.25, 0.3) is 0 Å². The number of carbonyl (C=O) groups is 1. The first-order valence-electron chi connectivity index (χ1n) is 8.72. The molecule has 0 aromatic heterocycles. The molecule has 6 heteroatoms. The number of methoxy groups -OCH3 is 1. The van der Waals surface area contributed by atoms with Crippen LogP contribution in [-0.2, 0) is 4.79 Å². The molecule has 3 rings (SSSR count). The minimum atomic E-state index is 0.274. The van der Waals surface area contributed by atoms with Gasteiger partial charge in [-0.15, -0.1) is 0 Å². The van der Waals surface area contributed by atoms with E-state index >= 15 is 0 Å². The topological polar surface area (TPSA) is 65.4 Å². The molecule has 1 N–H and O–H groups in total. The minimum absolute atomic E-state index is 0.274. The minimum Gasteiger partial charge on any atom is -0.494 e. The van der Waals surface area contributed by atoms with Crippen LogP contribution in [0.3, 0.4) is 0 Å². The predicted molar refractivity (Wildman–Crippen MR) is 96.8 cm³/mol. The van der Waals surface area contributed by atoms with Crippen molar-refractivity contribution in [2.75, 3.05) is 30.4 Å². The number of nitriles is 1. The van der Waals surface area contributed by atoms with E-state index < -0.39 is 0 Å². The Morgan fingerprint density at radius 1 is 1.29 bits per heavy atom.